The number of hydrogen-bond donors (Lipinski definition) is 1. The number of rotatable bonds is 5. The van der Waals surface area contributed by atoms with Crippen molar-refractivity contribution in [2.24, 2.45) is 0 Å². The van der Waals surface area contributed by atoms with Crippen LogP contribution in [0, 0.1) is 10.1 Å². The molecule has 6 heteroatoms. The van der Waals surface area contributed by atoms with Crippen molar-refractivity contribution in [2.45, 2.75) is 24.0 Å². The third kappa shape index (κ3) is 2.55. The van der Waals surface area contributed by atoms with Crippen LogP contribution in [-0.2, 0) is 0 Å². The van der Waals surface area contributed by atoms with Gasteiger partial charge in [0.2, 0.25) is 0 Å². The van der Waals surface area contributed by atoms with Gasteiger partial charge in [0.25, 0.3) is 5.69 Å². The Morgan fingerprint density at radius 3 is 2.86 bits per heavy atom. The summed E-state index contributed by atoms with van der Waals surface area (Å²) in [4.78, 5) is 14.9. The SMILES string of the molecule is CSC1(CNc2ccc([N+](=O)[O-])c3ncccc23)CCC1. The Kier molecular flexibility index (Phi) is 3.71. The molecule has 110 valence electrons. The number of hydrogen-bond acceptors (Lipinski definition) is 5. The first-order valence-electron chi connectivity index (χ1n) is 6.96. The molecule has 0 atom stereocenters. The molecule has 2 aromatic rings. The van der Waals surface area contributed by atoms with E-state index in [1.54, 1.807) is 12.3 Å². The maximum atomic E-state index is 11.1. The molecule has 0 unspecified atom stereocenters. The largest absolute Gasteiger partial charge is 0.383 e. The van der Waals surface area contributed by atoms with Crippen LogP contribution < -0.4 is 5.32 Å². The summed E-state index contributed by atoms with van der Waals surface area (Å²) in [6.45, 7) is 0.885. The highest BCUT2D eigenvalue weighted by Gasteiger charge is 2.35. The van der Waals surface area contributed by atoms with Crippen LogP contribution in [-0.4, -0.2) is 27.5 Å². The Labute approximate surface area is 127 Å². The number of non-ortho nitro benzene ring substituents is 1. The maximum absolute atomic E-state index is 11.1. The Bertz CT molecular complexity index is 680. The van der Waals surface area contributed by atoms with Crippen molar-refractivity contribution in [3.05, 3.63) is 40.6 Å². The molecule has 5 nitrogen and oxygen atoms in total. The van der Waals surface area contributed by atoms with Gasteiger partial charge in [-0.2, -0.15) is 11.8 Å². The molecule has 1 aromatic heterocycles. The minimum absolute atomic E-state index is 0.0550. The zero-order valence-corrected chi connectivity index (χ0v) is 12.7. The first kappa shape index (κ1) is 14.1. The zero-order valence-electron chi connectivity index (χ0n) is 11.8. The first-order valence-corrected chi connectivity index (χ1v) is 8.19. The maximum Gasteiger partial charge on any atom is 0.295 e. The molecule has 0 spiro atoms. The zero-order chi connectivity index (χ0) is 14.9. The topological polar surface area (TPSA) is 68.1 Å². The quantitative estimate of drug-likeness (QED) is 0.671. The van der Waals surface area contributed by atoms with E-state index in [1.807, 2.05) is 23.9 Å². The van der Waals surface area contributed by atoms with Gasteiger partial charge in [-0.1, -0.05) is 6.42 Å². The van der Waals surface area contributed by atoms with Crippen molar-refractivity contribution >= 4 is 34.0 Å². The Morgan fingerprint density at radius 1 is 1.43 bits per heavy atom. The van der Waals surface area contributed by atoms with Crippen molar-refractivity contribution < 1.29 is 4.92 Å². The van der Waals surface area contributed by atoms with Crippen LogP contribution in [0.25, 0.3) is 10.9 Å². The molecular weight excluding hydrogens is 286 g/mol. The lowest BCUT2D eigenvalue weighted by Gasteiger charge is -2.40. The molecule has 0 bridgehead atoms. The van der Waals surface area contributed by atoms with E-state index in [-0.39, 0.29) is 10.6 Å². The van der Waals surface area contributed by atoms with Crippen molar-refractivity contribution in [1.29, 1.82) is 0 Å². The van der Waals surface area contributed by atoms with Gasteiger partial charge in [0, 0.05) is 34.6 Å². The number of aromatic nitrogens is 1. The van der Waals surface area contributed by atoms with E-state index in [1.165, 1.54) is 25.3 Å². The van der Waals surface area contributed by atoms with E-state index in [0.29, 0.717) is 10.3 Å². The standard InChI is InChI=1S/C15H17N3O2S/c1-21-15(7-3-8-15)10-17-12-5-6-13(18(19)20)14-11(12)4-2-9-16-14/h2,4-6,9,17H,3,7-8,10H2,1H3. The van der Waals surface area contributed by atoms with Gasteiger partial charge in [0.1, 0.15) is 5.52 Å². The predicted molar refractivity (Wildman–Crippen MR) is 87.0 cm³/mol. The Morgan fingerprint density at radius 2 is 2.24 bits per heavy atom. The fraction of sp³-hybridized carbons (Fsp3) is 0.400. The van der Waals surface area contributed by atoms with Crippen LogP contribution in [0.5, 0.6) is 0 Å². The van der Waals surface area contributed by atoms with Crippen LogP contribution in [0.4, 0.5) is 11.4 Å². The van der Waals surface area contributed by atoms with Crippen LogP contribution in [0.15, 0.2) is 30.5 Å². The molecule has 1 N–H and O–H groups in total. The summed E-state index contributed by atoms with van der Waals surface area (Å²) >= 11 is 1.91. The highest BCUT2D eigenvalue weighted by molar-refractivity contribution is 8.00. The number of benzene rings is 1. The Hall–Kier alpha value is -1.82. The van der Waals surface area contributed by atoms with Crippen molar-refractivity contribution in [2.75, 3.05) is 18.1 Å². The molecule has 1 heterocycles. The molecule has 0 aliphatic heterocycles. The lowest BCUT2D eigenvalue weighted by Crippen LogP contribution is -2.40. The molecule has 0 saturated heterocycles. The van der Waals surface area contributed by atoms with Gasteiger partial charge in [0.15, 0.2) is 0 Å². The molecule has 3 rings (SSSR count). The lowest BCUT2D eigenvalue weighted by molar-refractivity contribution is -0.383. The van der Waals surface area contributed by atoms with Gasteiger partial charge in [-0.15, -0.1) is 0 Å². The van der Waals surface area contributed by atoms with E-state index < -0.39 is 0 Å². The first-order chi connectivity index (χ1) is 10.2. The van der Waals surface area contributed by atoms with E-state index >= 15 is 0 Å². The monoisotopic (exact) mass is 303 g/mol. The van der Waals surface area contributed by atoms with Crippen LogP contribution in [0.2, 0.25) is 0 Å². The highest BCUT2D eigenvalue weighted by Crippen LogP contribution is 2.43. The third-order valence-corrected chi connectivity index (χ3v) is 5.66. The molecule has 21 heavy (non-hydrogen) atoms. The number of nitrogens with one attached hydrogen (secondary N) is 1. The number of pyridine rings is 1. The number of fused-ring (bicyclic) bond motifs is 1. The van der Waals surface area contributed by atoms with E-state index in [2.05, 4.69) is 16.6 Å². The van der Waals surface area contributed by atoms with Crippen molar-refractivity contribution in [3.8, 4) is 0 Å². The predicted octanol–water partition coefficient (Wildman–Crippen LogP) is 3.84. The lowest BCUT2D eigenvalue weighted by atomic mass is 9.84. The molecule has 1 aliphatic rings. The molecule has 0 amide bonds. The fourth-order valence-electron chi connectivity index (χ4n) is 2.74. The highest BCUT2D eigenvalue weighted by atomic mass is 32.2. The van der Waals surface area contributed by atoms with E-state index in [4.69, 9.17) is 0 Å². The second-order valence-electron chi connectivity index (χ2n) is 5.38. The average Bonchev–Trinajstić information content (AvgIpc) is 2.46. The van der Waals surface area contributed by atoms with Gasteiger partial charge in [-0.05, 0) is 37.3 Å². The van der Waals surface area contributed by atoms with Crippen LogP contribution >= 0.6 is 11.8 Å². The molecule has 1 aromatic carbocycles. The van der Waals surface area contributed by atoms with E-state index in [9.17, 15) is 10.1 Å². The van der Waals surface area contributed by atoms with Gasteiger partial charge >= 0.3 is 0 Å². The molecule has 1 saturated carbocycles. The van der Waals surface area contributed by atoms with E-state index in [0.717, 1.165) is 17.6 Å². The normalized spacial score (nSPS) is 16.4. The minimum Gasteiger partial charge on any atom is -0.383 e. The second-order valence-corrected chi connectivity index (χ2v) is 6.66. The summed E-state index contributed by atoms with van der Waals surface area (Å²) in [5.41, 5.74) is 1.42. The molecular formula is C15H17N3O2S. The smallest absolute Gasteiger partial charge is 0.295 e. The molecule has 1 fully saturated rings. The molecule has 1 aliphatic carbocycles. The second kappa shape index (κ2) is 5.52. The number of thioether (sulfide) groups is 1. The fourth-order valence-corrected chi connectivity index (χ4v) is 3.65. The number of nitrogens with zero attached hydrogens (tertiary/aromatic N) is 2. The van der Waals surface area contributed by atoms with Crippen molar-refractivity contribution in [1.82, 2.24) is 4.98 Å². The van der Waals surface area contributed by atoms with Gasteiger partial charge in [-0.25, -0.2) is 4.98 Å². The summed E-state index contributed by atoms with van der Waals surface area (Å²) in [6.07, 6.45) is 7.48. The van der Waals surface area contributed by atoms with Gasteiger partial charge in [0.05, 0.1) is 4.92 Å². The number of anilines is 1. The van der Waals surface area contributed by atoms with Gasteiger partial charge in [-0.3, -0.25) is 10.1 Å². The van der Waals surface area contributed by atoms with Gasteiger partial charge < -0.3 is 5.32 Å². The van der Waals surface area contributed by atoms with Crippen LogP contribution in [0.3, 0.4) is 0 Å². The number of nitro groups is 1. The Balaban J connectivity index is 1.93. The van der Waals surface area contributed by atoms with Crippen molar-refractivity contribution in [3.63, 3.8) is 0 Å². The summed E-state index contributed by atoms with van der Waals surface area (Å²) < 4.78 is 0.316. The third-order valence-electron chi connectivity index (χ3n) is 4.24. The van der Waals surface area contributed by atoms with Crippen LogP contribution in [0.1, 0.15) is 19.3 Å². The number of nitro benzene ring substituents is 1. The summed E-state index contributed by atoms with van der Waals surface area (Å²) in [7, 11) is 0. The molecule has 0 radical (unpaired) electrons. The summed E-state index contributed by atoms with van der Waals surface area (Å²) in [6, 6.07) is 7.01. The average molecular weight is 303 g/mol. The summed E-state index contributed by atoms with van der Waals surface area (Å²) in [5, 5.41) is 15.4. The summed E-state index contributed by atoms with van der Waals surface area (Å²) in [5.74, 6) is 0. The minimum atomic E-state index is -0.381.